The van der Waals surface area contributed by atoms with Crippen molar-refractivity contribution in [1.82, 2.24) is 20.2 Å². The molecule has 0 bridgehead atoms. The third-order valence-electron chi connectivity index (χ3n) is 3.51. The first-order valence-corrected chi connectivity index (χ1v) is 8.81. The van der Waals surface area contributed by atoms with Gasteiger partial charge < -0.3 is 10.1 Å². The summed E-state index contributed by atoms with van der Waals surface area (Å²) < 4.78 is 5.42. The minimum absolute atomic E-state index is 0.123. The zero-order chi connectivity index (χ0) is 17.8. The van der Waals surface area contributed by atoms with E-state index >= 15 is 0 Å². The molecule has 0 aliphatic carbocycles. The van der Waals surface area contributed by atoms with E-state index in [-0.39, 0.29) is 12.0 Å². The Morgan fingerprint density at radius 2 is 1.83 bits per heavy atom. The van der Waals surface area contributed by atoms with Gasteiger partial charge in [0, 0.05) is 44.4 Å². The van der Waals surface area contributed by atoms with Crippen LogP contribution in [-0.4, -0.2) is 58.7 Å². The largest absolute Gasteiger partial charge is 0.459 e. The molecule has 0 aromatic carbocycles. The quantitative estimate of drug-likeness (QED) is 0.657. The Balaban J connectivity index is 0.000000400. The monoisotopic (exact) mass is 336 g/mol. The van der Waals surface area contributed by atoms with Gasteiger partial charge in [-0.05, 0) is 33.7 Å². The van der Waals surface area contributed by atoms with Gasteiger partial charge in [-0.15, -0.1) is 0 Å². The smallest absolute Gasteiger partial charge is 0.324 e. The first-order chi connectivity index (χ1) is 11.4. The fraction of sp³-hybridized carbons (Fsp3) is 0.722. The Kier molecular flexibility index (Phi) is 9.49. The Bertz CT molecular complexity index is 421. The SMILES string of the molecule is CCCCCN1CCNC(C(=O)OC(C)(C)C)C1.c1cnccn1. The van der Waals surface area contributed by atoms with Crippen molar-refractivity contribution in [2.45, 2.75) is 58.6 Å². The van der Waals surface area contributed by atoms with Crippen LogP contribution in [0.25, 0.3) is 0 Å². The molecule has 1 aliphatic rings. The highest BCUT2D eigenvalue weighted by atomic mass is 16.6. The maximum absolute atomic E-state index is 12.0. The molecule has 0 saturated carbocycles. The first kappa shape index (κ1) is 20.5. The van der Waals surface area contributed by atoms with Crippen LogP contribution in [0.1, 0.15) is 47.0 Å². The van der Waals surface area contributed by atoms with Crippen molar-refractivity contribution in [3.63, 3.8) is 0 Å². The molecule has 1 aromatic rings. The van der Waals surface area contributed by atoms with E-state index in [1.807, 2.05) is 20.8 Å². The molecule has 1 unspecified atom stereocenters. The second-order valence-corrected chi connectivity index (χ2v) is 6.94. The highest BCUT2D eigenvalue weighted by Gasteiger charge is 2.29. The summed E-state index contributed by atoms with van der Waals surface area (Å²) in [6.07, 6.45) is 10.3. The van der Waals surface area contributed by atoms with Crippen LogP contribution in [0.15, 0.2) is 24.8 Å². The molecule has 2 heterocycles. The molecule has 2 rings (SSSR count). The van der Waals surface area contributed by atoms with Gasteiger partial charge in [-0.25, -0.2) is 0 Å². The minimum Gasteiger partial charge on any atom is -0.459 e. The lowest BCUT2D eigenvalue weighted by atomic mass is 10.1. The maximum atomic E-state index is 12.0. The van der Waals surface area contributed by atoms with Crippen LogP contribution in [-0.2, 0) is 9.53 Å². The second kappa shape index (κ2) is 11.1. The average molecular weight is 336 g/mol. The predicted octanol–water partition coefficient (Wildman–Crippen LogP) is 2.27. The van der Waals surface area contributed by atoms with Gasteiger partial charge >= 0.3 is 5.97 Å². The van der Waals surface area contributed by atoms with Crippen molar-refractivity contribution >= 4 is 5.97 Å². The lowest BCUT2D eigenvalue weighted by Gasteiger charge is -2.33. The third kappa shape index (κ3) is 9.57. The van der Waals surface area contributed by atoms with E-state index in [1.165, 1.54) is 19.3 Å². The molecule has 6 heteroatoms. The molecular formula is C18H32N4O2. The summed E-state index contributed by atoms with van der Waals surface area (Å²) in [4.78, 5) is 21.8. The molecule has 1 fully saturated rings. The number of nitrogens with zero attached hydrogens (tertiary/aromatic N) is 3. The molecule has 1 atom stereocenters. The van der Waals surface area contributed by atoms with Crippen LogP contribution >= 0.6 is 0 Å². The van der Waals surface area contributed by atoms with Crippen LogP contribution in [0, 0.1) is 0 Å². The van der Waals surface area contributed by atoms with Crippen molar-refractivity contribution in [2.24, 2.45) is 0 Å². The number of carbonyl (C=O) groups is 1. The zero-order valence-corrected chi connectivity index (χ0v) is 15.5. The van der Waals surface area contributed by atoms with E-state index in [0.717, 1.165) is 26.2 Å². The van der Waals surface area contributed by atoms with Crippen LogP contribution < -0.4 is 5.32 Å². The van der Waals surface area contributed by atoms with Crippen molar-refractivity contribution in [2.75, 3.05) is 26.2 Å². The number of ether oxygens (including phenoxy) is 1. The highest BCUT2D eigenvalue weighted by Crippen LogP contribution is 2.11. The number of nitrogens with one attached hydrogen (secondary N) is 1. The van der Waals surface area contributed by atoms with Gasteiger partial charge in [0.2, 0.25) is 0 Å². The molecule has 1 N–H and O–H groups in total. The number of aromatic nitrogens is 2. The molecular weight excluding hydrogens is 304 g/mol. The molecule has 1 saturated heterocycles. The Morgan fingerprint density at radius 1 is 1.21 bits per heavy atom. The molecule has 136 valence electrons. The lowest BCUT2D eigenvalue weighted by Crippen LogP contribution is -2.55. The standard InChI is InChI=1S/C14H28N2O2.C4H4N2/c1-5-6-7-9-16-10-8-15-12(11-16)13(17)18-14(2,3)4;1-2-6-4-3-5-1/h12,15H,5-11H2,1-4H3;1-4H. The van der Waals surface area contributed by atoms with Crippen molar-refractivity contribution in [1.29, 1.82) is 0 Å². The molecule has 6 nitrogen and oxygen atoms in total. The fourth-order valence-electron chi connectivity index (χ4n) is 2.38. The summed E-state index contributed by atoms with van der Waals surface area (Å²) in [5, 5.41) is 3.25. The average Bonchev–Trinajstić information content (AvgIpc) is 2.56. The summed E-state index contributed by atoms with van der Waals surface area (Å²) in [6, 6.07) is -0.167. The van der Waals surface area contributed by atoms with Gasteiger partial charge in [-0.2, -0.15) is 0 Å². The Hall–Kier alpha value is -1.53. The van der Waals surface area contributed by atoms with Crippen LogP contribution in [0.4, 0.5) is 0 Å². The summed E-state index contributed by atoms with van der Waals surface area (Å²) in [7, 11) is 0. The van der Waals surface area contributed by atoms with Gasteiger partial charge in [0.25, 0.3) is 0 Å². The van der Waals surface area contributed by atoms with E-state index in [2.05, 4.69) is 27.1 Å². The molecule has 1 aromatic heterocycles. The van der Waals surface area contributed by atoms with Crippen LogP contribution in [0.2, 0.25) is 0 Å². The number of esters is 1. The number of hydrogen-bond donors (Lipinski definition) is 1. The van der Waals surface area contributed by atoms with Gasteiger partial charge in [0.05, 0.1) is 0 Å². The Labute approximate surface area is 146 Å². The van der Waals surface area contributed by atoms with E-state index in [1.54, 1.807) is 24.8 Å². The lowest BCUT2D eigenvalue weighted by molar-refractivity contribution is -0.158. The highest BCUT2D eigenvalue weighted by molar-refractivity contribution is 5.76. The van der Waals surface area contributed by atoms with E-state index < -0.39 is 5.60 Å². The number of piperazine rings is 1. The topological polar surface area (TPSA) is 67.4 Å². The molecule has 0 amide bonds. The van der Waals surface area contributed by atoms with Crippen molar-refractivity contribution in [3.05, 3.63) is 24.8 Å². The number of unbranched alkanes of at least 4 members (excludes halogenated alkanes) is 2. The summed E-state index contributed by atoms with van der Waals surface area (Å²) >= 11 is 0. The second-order valence-electron chi connectivity index (χ2n) is 6.94. The van der Waals surface area contributed by atoms with Gasteiger partial charge in [0.15, 0.2) is 0 Å². The Morgan fingerprint density at radius 3 is 2.33 bits per heavy atom. The van der Waals surface area contributed by atoms with E-state index in [9.17, 15) is 4.79 Å². The molecule has 1 aliphatic heterocycles. The number of hydrogen-bond acceptors (Lipinski definition) is 6. The normalized spacial score (nSPS) is 18.4. The van der Waals surface area contributed by atoms with Gasteiger partial charge in [0.1, 0.15) is 11.6 Å². The van der Waals surface area contributed by atoms with E-state index in [0.29, 0.717) is 0 Å². The predicted molar refractivity (Wildman–Crippen MR) is 95.6 cm³/mol. The third-order valence-corrected chi connectivity index (χ3v) is 3.51. The summed E-state index contributed by atoms with van der Waals surface area (Å²) in [5.74, 6) is -0.123. The fourth-order valence-corrected chi connectivity index (χ4v) is 2.38. The van der Waals surface area contributed by atoms with E-state index in [4.69, 9.17) is 4.74 Å². The minimum atomic E-state index is -0.400. The summed E-state index contributed by atoms with van der Waals surface area (Å²) in [5.41, 5.74) is -0.400. The van der Waals surface area contributed by atoms with Crippen molar-refractivity contribution in [3.8, 4) is 0 Å². The molecule has 24 heavy (non-hydrogen) atoms. The van der Waals surface area contributed by atoms with Gasteiger partial charge in [-0.1, -0.05) is 19.8 Å². The summed E-state index contributed by atoms with van der Waals surface area (Å²) in [6.45, 7) is 11.7. The zero-order valence-electron chi connectivity index (χ0n) is 15.5. The number of carbonyl (C=O) groups excluding carboxylic acids is 1. The van der Waals surface area contributed by atoms with Crippen LogP contribution in [0.3, 0.4) is 0 Å². The van der Waals surface area contributed by atoms with Crippen molar-refractivity contribution < 1.29 is 9.53 Å². The van der Waals surface area contributed by atoms with Gasteiger partial charge in [-0.3, -0.25) is 19.7 Å². The first-order valence-electron chi connectivity index (χ1n) is 8.81. The number of rotatable bonds is 5. The maximum Gasteiger partial charge on any atom is 0.324 e. The molecule has 0 spiro atoms. The molecule has 0 radical (unpaired) electrons. The van der Waals surface area contributed by atoms with Crippen LogP contribution in [0.5, 0.6) is 0 Å².